The molecule has 2 aliphatic rings. The minimum atomic E-state index is -4.59. The van der Waals surface area contributed by atoms with E-state index in [-0.39, 0.29) is 10.8 Å². The molecule has 0 saturated carbocycles. The minimum Gasteiger partial charge on any atom is -0.377 e. The maximum atomic E-state index is 14.1. The summed E-state index contributed by atoms with van der Waals surface area (Å²) in [6.45, 7) is 6.48. The third kappa shape index (κ3) is 4.11. The van der Waals surface area contributed by atoms with Gasteiger partial charge in [-0.1, -0.05) is 0 Å². The number of ether oxygens (including phenoxy) is 1. The number of thiol groups is 1. The first-order valence-corrected chi connectivity index (χ1v) is 13.1. The number of hydrogen-bond acceptors (Lipinski definition) is 5. The molecule has 11 heteroatoms. The number of methoxy groups -OCH3 is 1. The van der Waals surface area contributed by atoms with Gasteiger partial charge in [0.15, 0.2) is 0 Å². The van der Waals surface area contributed by atoms with Crippen LogP contribution in [-0.2, 0) is 16.5 Å². The predicted molar refractivity (Wildman–Crippen MR) is 131 cm³/mol. The van der Waals surface area contributed by atoms with E-state index in [1.807, 2.05) is 13.8 Å². The lowest BCUT2D eigenvalue weighted by molar-refractivity contribution is -0.137. The smallest absolute Gasteiger partial charge is 0.377 e. The van der Waals surface area contributed by atoms with Crippen molar-refractivity contribution >= 4 is 21.8 Å². The van der Waals surface area contributed by atoms with Crippen LogP contribution in [0.2, 0.25) is 0 Å². The van der Waals surface area contributed by atoms with Gasteiger partial charge < -0.3 is 10.1 Å². The SMILES string of the molecule is CO[C@@H]1C(N2CCNCC2)[SH](c2ccc(F)cc2)c2cc(C(F)(F)F)cc3cnc(=O)n(c23)C1(C)C. The van der Waals surface area contributed by atoms with Crippen LogP contribution in [0.3, 0.4) is 0 Å². The molecule has 2 aliphatic heterocycles. The van der Waals surface area contributed by atoms with Gasteiger partial charge in [0, 0.05) is 49.8 Å². The van der Waals surface area contributed by atoms with Crippen molar-refractivity contribution in [3.8, 4) is 0 Å². The summed E-state index contributed by atoms with van der Waals surface area (Å²) in [5.74, 6) is -0.430. The Labute approximate surface area is 208 Å². The number of alkyl halides is 3. The fourth-order valence-electron chi connectivity index (χ4n) is 5.52. The van der Waals surface area contributed by atoms with E-state index in [1.165, 1.54) is 22.9 Å². The molecule has 1 fully saturated rings. The minimum absolute atomic E-state index is 0.234. The number of halogens is 4. The van der Waals surface area contributed by atoms with E-state index >= 15 is 0 Å². The van der Waals surface area contributed by atoms with Gasteiger partial charge in [0.1, 0.15) is 11.9 Å². The molecule has 0 spiro atoms. The standard InChI is InChI=1S/C25H28F4N4O2S/c1-24(2)21(35-3)22(32-10-8-30-9-11-32)36(18-6-4-17(26)5-7-18)19-13-16(25(27,28)29)12-15-14-31-23(34)33(24)20(15)19/h4-7,12-14,21-22,30,36H,8-11H2,1-3H3/t21-,22?/m1/s1. The van der Waals surface area contributed by atoms with E-state index in [2.05, 4.69) is 15.2 Å². The summed E-state index contributed by atoms with van der Waals surface area (Å²) < 4.78 is 63.8. The van der Waals surface area contributed by atoms with Crippen molar-refractivity contribution in [3.63, 3.8) is 0 Å². The average Bonchev–Trinajstić information content (AvgIpc) is 2.92. The first-order valence-electron chi connectivity index (χ1n) is 11.7. The fourth-order valence-corrected chi connectivity index (χ4v) is 8.91. The van der Waals surface area contributed by atoms with Crippen LogP contribution in [-0.4, -0.2) is 59.2 Å². The Morgan fingerprint density at radius 1 is 1.14 bits per heavy atom. The molecule has 0 amide bonds. The quantitative estimate of drug-likeness (QED) is 0.401. The fraction of sp³-hybridized carbons (Fsp3) is 0.440. The number of aromatic nitrogens is 2. The molecule has 3 heterocycles. The third-order valence-corrected chi connectivity index (χ3v) is 9.97. The average molecular weight is 525 g/mol. The van der Waals surface area contributed by atoms with Crippen LogP contribution in [0.5, 0.6) is 0 Å². The van der Waals surface area contributed by atoms with Gasteiger partial charge in [-0.3, -0.25) is 9.47 Å². The van der Waals surface area contributed by atoms with Crippen molar-refractivity contribution in [1.82, 2.24) is 19.8 Å². The number of benzene rings is 2. The molecule has 0 aliphatic carbocycles. The molecule has 6 nitrogen and oxygen atoms in total. The Morgan fingerprint density at radius 2 is 1.81 bits per heavy atom. The number of hydrogen-bond donors (Lipinski definition) is 2. The van der Waals surface area contributed by atoms with Crippen LogP contribution in [0.15, 0.2) is 57.2 Å². The normalized spacial score (nSPS) is 25.6. The summed E-state index contributed by atoms with van der Waals surface area (Å²) in [4.78, 5) is 20.6. The van der Waals surface area contributed by atoms with Crippen molar-refractivity contribution in [2.75, 3.05) is 33.3 Å². The summed E-state index contributed by atoms with van der Waals surface area (Å²) in [6.07, 6.45) is -3.95. The van der Waals surface area contributed by atoms with Crippen LogP contribution < -0.4 is 11.0 Å². The summed E-state index contributed by atoms with van der Waals surface area (Å²) in [5, 5.41) is 3.18. The number of nitrogens with zero attached hydrogens (tertiary/aromatic N) is 3. The second-order valence-corrected chi connectivity index (χ2v) is 11.9. The Bertz CT molecular complexity index is 1340. The molecule has 194 valence electrons. The van der Waals surface area contributed by atoms with Crippen molar-refractivity contribution in [3.05, 3.63) is 64.5 Å². The third-order valence-electron chi connectivity index (χ3n) is 7.13. The van der Waals surface area contributed by atoms with Crippen LogP contribution in [0.1, 0.15) is 19.4 Å². The number of piperazine rings is 1. The molecule has 5 rings (SSSR count). The van der Waals surface area contributed by atoms with E-state index in [0.29, 0.717) is 41.5 Å². The van der Waals surface area contributed by atoms with Crippen LogP contribution in [0, 0.1) is 5.82 Å². The van der Waals surface area contributed by atoms with Gasteiger partial charge >= 0.3 is 11.9 Å². The monoisotopic (exact) mass is 524 g/mol. The molecule has 3 atom stereocenters. The predicted octanol–water partition coefficient (Wildman–Crippen LogP) is 3.97. The van der Waals surface area contributed by atoms with Crippen molar-refractivity contribution in [1.29, 1.82) is 0 Å². The molecule has 3 aromatic rings. The molecule has 36 heavy (non-hydrogen) atoms. The highest BCUT2D eigenvalue weighted by atomic mass is 32.2. The van der Waals surface area contributed by atoms with E-state index in [4.69, 9.17) is 4.74 Å². The molecular weight excluding hydrogens is 496 g/mol. The molecule has 1 aromatic heterocycles. The molecular formula is C25H28F4N4O2S. The zero-order valence-corrected chi connectivity index (χ0v) is 21.0. The topological polar surface area (TPSA) is 59.4 Å². The summed E-state index contributed by atoms with van der Waals surface area (Å²) in [5.41, 5.74) is -1.88. The lowest BCUT2D eigenvalue weighted by atomic mass is 9.94. The maximum Gasteiger partial charge on any atom is 0.416 e. The summed E-state index contributed by atoms with van der Waals surface area (Å²) in [7, 11) is 0.00728. The van der Waals surface area contributed by atoms with Gasteiger partial charge in [-0.2, -0.15) is 24.1 Å². The first-order chi connectivity index (χ1) is 17.0. The van der Waals surface area contributed by atoms with E-state index in [9.17, 15) is 22.4 Å². The highest BCUT2D eigenvalue weighted by Gasteiger charge is 2.48. The van der Waals surface area contributed by atoms with Crippen molar-refractivity contribution in [2.45, 2.75) is 46.8 Å². The van der Waals surface area contributed by atoms with Gasteiger partial charge in [-0.05, 0) is 55.1 Å². The molecule has 2 aromatic carbocycles. The van der Waals surface area contributed by atoms with Gasteiger partial charge in [-0.15, -0.1) is 0 Å². The van der Waals surface area contributed by atoms with Crippen LogP contribution in [0.25, 0.3) is 10.9 Å². The summed E-state index contributed by atoms with van der Waals surface area (Å²) >= 11 is 0. The van der Waals surface area contributed by atoms with Crippen LogP contribution in [0.4, 0.5) is 17.6 Å². The number of rotatable bonds is 3. The Hall–Kier alpha value is -2.47. The second-order valence-electron chi connectivity index (χ2n) is 9.66. The van der Waals surface area contributed by atoms with Gasteiger partial charge in [0.25, 0.3) is 0 Å². The zero-order chi connectivity index (χ0) is 25.8. The van der Waals surface area contributed by atoms with E-state index < -0.39 is 45.8 Å². The Balaban J connectivity index is 1.92. The second kappa shape index (κ2) is 9.13. The van der Waals surface area contributed by atoms with Crippen LogP contribution >= 0.6 is 10.9 Å². The van der Waals surface area contributed by atoms with Gasteiger partial charge in [-0.25, -0.2) is 14.2 Å². The van der Waals surface area contributed by atoms with Gasteiger partial charge in [0.05, 0.1) is 22.0 Å². The van der Waals surface area contributed by atoms with Crippen molar-refractivity contribution < 1.29 is 22.3 Å². The first kappa shape index (κ1) is 25.2. The Kier molecular flexibility index (Phi) is 6.39. The molecule has 0 bridgehead atoms. The lowest BCUT2D eigenvalue weighted by Gasteiger charge is -2.47. The molecule has 0 radical (unpaired) electrons. The highest BCUT2D eigenvalue weighted by molar-refractivity contribution is 8.17. The van der Waals surface area contributed by atoms with E-state index in [1.54, 1.807) is 19.2 Å². The molecule has 1 saturated heterocycles. The maximum absolute atomic E-state index is 14.1. The summed E-state index contributed by atoms with van der Waals surface area (Å²) in [6, 6.07) is 8.14. The largest absolute Gasteiger partial charge is 0.416 e. The zero-order valence-electron chi connectivity index (χ0n) is 20.1. The van der Waals surface area contributed by atoms with Gasteiger partial charge in [0.2, 0.25) is 0 Å². The number of nitrogens with one attached hydrogen (secondary N) is 1. The lowest BCUT2D eigenvalue weighted by Crippen LogP contribution is -2.58. The van der Waals surface area contributed by atoms with E-state index in [0.717, 1.165) is 12.1 Å². The van der Waals surface area contributed by atoms with Crippen molar-refractivity contribution in [2.24, 2.45) is 0 Å². The molecule has 1 N–H and O–H groups in total. The Morgan fingerprint density at radius 3 is 2.42 bits per heavy atom. The highest BCUT2D eigenvalue weighted by Crippen LogP contribution is 2.58. The molecule has 2 unspecified atom stereocenters.